The van der Waals surface area contributed by atoms with E-state index in [0.717, 1.165) is 23.8 Å². The van der Waals surface area contributed by atoms with E-state index < -0.39 is 35.5 Å². The Morgan fingerprint density at radius 1 is 1.16 bits per heavy atom. The van der Waals surface area contributed by atoms with Crippen molar-refractivity contribution < 1.29 is 31.4 Å². The molecule has 4 N–H and O–H groups in total. The van der Waals surface area contributed by atoms with Crippen LogP contribution < -0.4 is 25.8 Å². The van der Waals surface area contributed by atoms with Gasteiger partial charge in [-0.25, -0.2) is 13.8 Å². The fraction of sp³-hybridized carbons (Fsp3) is 0.467. The van der Waals surface area contributed by atoms with Gasteiger partial charge in [-0.3, -0.25) is 0 Å². The van der Waals surface area contributed by atoms with Crippen LogP contribution >= 0.6 is 11.3 Å². The maximum absolute atomic E-state index is 14.8. The van der Waals surface area contributed by atoms with E-state index >= 15 is 0 Å². The number of nitrogens with one attached hydrogen (secondary N) is 2. The number of hydrogen-bond acceptors (Lipinski definition) is 10. The molecule has 0 spiro atoms. The molecule has 4 aromatic rings. The zero-order chi connectivity index (χ0) is 31.9. The average molecular weight is 648 g/mol. The molecule has 0 saturated carbocycles. The van der Waals surface area contributed by atoms with Crippen molar-refractivity contribution >= 4 is 37.5 Å². The molecule has 45 heavy (non-hydrogen) atoms. The summed E-state index contributed by atoms with van der Waals surface area (Å²) in [7, 11) is 0. The second-order valence-electron chi connectivity index (χ2n) is 11.5. The Kier molecular flexibility index (Phi) is 8.64. The maximum atomic E-state index is 14.8. The first-order chi connectivity index (χ1) is 21.5. The van der Waals surface area contributed by atoms with Crippen molar-refractivity contribution in [3.05, 3.63) is 35.3 Å². The smallest absolute Gasteiger partial charge is 0.433 e. The topological polar surface area (TPSA) is 131 Å². The maximum Gasteiger partial charge on any atom is 0.433 e. The number of halogens is 5. The summed E-state index contributed by atoms with van der Waals surface area (Å²) in [5.41, 5.74) is 3.79. The third-order valence-corrected chi connectivity index (χ3v) is 9.09. The first-order valence-corrected chi connectivity index (χ1v) is 15.4. The quantitative estimate of drug-likeness (QED) is 0.224. The van der Waals surface area contributed by atoms with Gasteiger partial charge in [-0.1, -0.05) is 6.07 Å². The number of fused-ring (bicyclic) bond motifs is 2. The summed E-state index contributed by atoms with van der Waals surface area (Å²) in [5.74, 6) is -1.02. The lowest BCUT2D eigenvalue weighted by molar-refractivity contribution is -0.140. The Morgan fingerprint density at radius 2 is 1.98 bits per heavy atom. The molecular formula is C30H30F5N7O2S. The predicted octanol–water partition coefficient (Wildman–Crippen LogP) is 5.75. The fourth-order valence-electron chi connectivity index (χ4n) is 5.93. The van der Waals surface area contributed by atoms with Crippen LogP contribution in [0.1, 0.15) is 43.9 Å². The van der Waals surface area contributed by atoms with Crippen LogP contribution in [0.3, 0.4) is 0 Å². The fourth-order valence-corrected chi connectivity index (χ4v) is 6.88. The molecule has 3 aromatic heterocycles. The molecule has 0 bridgehead atoms. The van der Waals surface area contributed by atoms with Gasteiger partial charge in [-0.05, 0) is 56.3 Å². The van der Waals surface area contributed by atoms with Crippen LogP contribution in [0.4, 0.5) is 27.0 Å². The summed E-state index contributed by atoms with van der Waals surface area (Å²) in [6.45, 7) is 3.45. The summed E-state index contributed by atoms with van der Waals surface area (Å²) in [4.78, 5) is 12.7. The van der Waals surface area contributed by atoms with E-state index in [1.807, 2.05) is 13.0 Å². The predicted molar refractivity (Wildman–Crippen MR) is 159 cm³/mol. The number of aromatic nitrogens is 3. The highest BCUT2D eigenvalue weighted by Gasteiger charge is 2.38. The van der Waals surface area contributed by atoms with Gasteiger partial charge in [0, 0.05) is 36.5 Å². The van der Waals surface area contributed by atoms with Crippen LogP contribution in [-0.4, -0.2) is 59.5 Å². The third-order valence-electron chi connectivity index (χ3n) is 8.06. The van der Waals surface area contributed by atoms with Crippen LogP contribution in [0.5, 0.6) is 11.9 Å². The van der Waals surface area contributed by atoms with E-state index in [1.54, 1.807) is 0 Å². The molecule has 2 saturated heterocycles. The minimum atomic E-state index is -4.95. The molecule has 1 aromatic carbocycles. The third kappa shape index (κ3) is 6.45. The Morgan fingerprint density at radius 3 is 2.71 bits per heavy atom. The summed E-state index contributed by atoms with van der Waals surface area (Å²) >= 11 is 0.778. The molecule has 0 amide bonds. The van der Waals surface area contributed by atoms with Gasteiger partial charge in [-0.2, -0.15) is 28.4 Å². The van der Waals surface area contributed by atoms with E-state index in [2.05, 4.69) is 25.6 Å². The lowest BCUT2D eigenvalue weighted by atomic mass is 9.96. The molecule has 6 rings (SSSR count). The SMILES string of the molecule is C[C@@H]1C[C@@H](Oc2nc(OC[C@@H]3CCCNC[C@H](F)C3)nc3cc(-c4ccc(F)c5sc(N)c(C#N)c45)c(C(F)(F)F)nc23)CN1. The van der Waals surface area contributed by atoms with Gasteiger partial charge in [0.05, 0.1) is 16.9 Å². The summed E-state index contributed by atoms with van der Waals surface area (Å²) in [6, 6.07) is 5.22. The van der Waals surface area contributed by atoms with Crippen molar-refractivity contribution in [2.24, 2.45) is 5.92 Å². The number of hydrogen-bond donors (Lipinski definition) is 3. The molecule has 0 unspecified atom stereocenters. The molecule has 5 heterocycles. The number of pyridine rings is 1. The molecule has 9 nitrogen and oxygen atoms in total. The Hall–Kier alpha value is -3.87. The van der Waals surface area contributed by atoms with Crippen molar-refractivity contribution in [2.45, 2.75) is 57.1 Å². The molecule has 2 fully saturated rings. The second-order valence-corrected chi connectivity index (χ2v) is 12.5. The molecular weight excluding hydrogens is 617 g/mol. The van der Waals surface area contributed by atoms with Gasteiger partial charge in [0.2, 0.25) is 5.88 Å². The van der Waals surface area contributed by atoms with Crippen LogP contribution in [0.25, 0.3) is 32.2 Å². The lowest BCUT2D eigenvalue weighted by Crippen LogP contribution is -2.31. The van der Waals surface area contributed by atoms with Crippen LogP contribution in [0, 0.1) is 23.1 Å². The van der Waals surface area contributed by atoms with E-state index in [4.69, 9.17) is 15.2 Å². The van der Waals surface area contributed by atoms with Crippen LogP contribution in [0.2, 0.25) is 0 Å². The number of nitrogens with two attached hydrogens (primary N) is 1. The number of nitrogens with zero attached hydrogens (tertiary/aromatic N) is 4. The van der Waals surface area contributed by atoms with Crippen molar-refractivity contribution in [2.75, 3.05) is 32.0 Å². The van der Waals surface area contributed by atoms with E-state index in [9.17, 15) is 27.2 Å². The minimum absolute atomic E-state index is 0.0126. The number of anilines is 1. The van der Waals surface area contributed by atoms with Gasteiger partial charge < -0.3 is 25.8 Å². The number of nitrogen functional groups attached to an aromatic ring is 1. The number of rotatable bonds is 6. The number of benzene rings is 1. The Balaban J connectivity index is 1.49. The van der Waals surface area contributed by atoms with Crippen LogP contribution in [-0.2, 0) is 6.18 Å². The summed E-state index contributed by atoms with van der Waals surface area (Å²) in [6.07, 6.45) is -3.98. The first kappa shape index (κ1) is 31.1. The van der Waals surface area contributed by atoms with Gasteiger partial charge in [0.15, 0.2) is 11.2 Å². The van der Waals surface area contributed by atoms with Gasteiger partial charge >= 0.3 is 12.2 Å². The zero-order valence-electron chi connectivity index (χ0n) is 24.2. The Bertz CT molecular complexity index is 1780. The summed E-state index contributed by atoms with van der Waals surface area (Å²) in [5, 5.41) is 16.0. The van der Waals surface area contributed by atoms with E-state index in [0.29, 0.717) is 25.9 Å². The Labute approximate surface area is 259 Å². The number of thiophene rings is 1. The zero-order valence-corrected chi connectivity index (χ0v) is 25.0. The normalized spacial score (nSPS) is 22.7. The van der Waals surface area contributed by atoms with Crippen molar-refractivity contribution in [1.82, 2.24) is 25.6 Å². The van der Waals surface area contributed by atoms with Crippen molar-refractivity contribution in [1.29, 1.82) is 5.26 Å². The van der Waals surface area contributed by atoms with Crippen LogP contribution in [0.15, 0.2) is 18.2 Å². The van der Waals surface area contributed by atoms with E-state index in [1.165, 1.54) is 12.1 Å². The first-order valence-electron chi connectivity index (χ1n) is 14.6. The van der Waals surface area contributed by atoms with Crippen molar-refractivity contribution in [3.8, 4) is 29.1 Å². The molecule has 0 radical (unpaired) electrons. The lowest BCUT2D eigenvalue weighted by Gasteiger charge is -2.23. The highest BCUT2D eigenvalue weighted by Crippen LogP contribution is 2.45. The highest BCUT2D eigenvalue weighted by molar-refractivity contribution is 7.23. The van der Waals surface area contributed by atoms with Gasteiger partial charge in [-0.15, -0.1) is 11.3 Å². The number of alkyl halides is 4. The average Bonchev–Trinajstić information content (AvgIpc) is 3.55. The highest BCUT2D eigenvalue weighted by atomic mass is 32.1. The largest absolute Gasteiger partial charge is 0.471 e. The second kappa shape index (κ2) is 12.5. The molecule has 2 aliphatic rings. The summed E-state index contributed by atoms with van der Waals surface area (Å²) < 4.78 is 85.0. The van der Waals surface area contributed by atoms with Crippen molar-refractivity contribution in [3.63, 3.8) is 0 Å². The number of nitriles is 1. The molecule has 238 valence electrons. The molecule has 0 aliphatic carbocycles. The standard InChI is InChI=1S/C30H30F5N7O2S/c1-14-7-17(12-39-14)44-28-24-22(40-29(42-28)43-13-15-3-2-6-38-11-16(31)8-15)9-19(26(41-24)30(33,34)35)18-4-5-21(32)25-23(18)20(10-36)27(37)45-25/h4-5,9,14-17,38-39H,2-3,6-8,11-13,37H2,1H3/t14-,15-,16-,17-/m1/s1. The van der Waals surface area contributed by atoms with Gasteiger partial charge in [0.1, 0.15) is 34.7 Å². The van der Waals surface area contributed by atoms with E-state index in [-0.39, 0.29) is 80.7 Å². The minimum Gasteiger partial charge on any atom is -0.471 e. The molecule has 2 aliphatic heterocycles. The number of ether oxygens (including phenoxy) is 2. The monoisotopic (exact) mass is 647 g/mol. The molecule has 15 heteroatoms. The van der Waals surface area contributed by atoms with Gasteiger partial charge in [0.25, 0.3) is 0 Å². The molecule has 4 atom stereocenters.